The smallest absolute Gasteiger partial charge is 0.418 e. The Balaban J connectivity index is 1.14. The molecule has 3 saturated heterocycles. The minimum atomic E-state index is -4.69. The predicted molar refractivity (Wildman–Crippen MR) is 178 cm³/mol. The van der Waals surface area contributed by atoms with E-state index in [4.69, 9.17) is 16.3 Å². The third-order valence-electron chi connectivity index (χ3n) is 10.3. The lowest BCUT2D eigenvalue weighted by molar-refractivity contribution is -0.142. The average molecular weight is 711 g/mol. The molecule has 262 valence electrons. The lowest BCUT2D eigenvalue weighted by Gasteiger charge is -2.40. The molecule has 0 bridgehead atoms. The van der Waals surface area contributed by atoms with Crippen LogP contribution in [-0.4, -0.2) is 91.2 Å². The number of urea groups is 1. The van der Waals surface area contributed by atoms with E-state index in [0.29, 0.717) is 57.4 Å². The SMILES string of the molecule is CNc1c(Cl)cc(CC(OC(=O)N2CCC(N3Cc4sccc4NC3=O)CC2)C(=O)N2CCC(C3CCNCC3)CC2)cc1C(F)(F)F. The van der Waals surface area contributed by atoms with Crippen LogP contribution >= 0.6 is 22.9 Å². The maximum Gasteiger partial charge on any atom is 0.418 e. The fourth-order valence-corrected chi connectivity index (χ4v) is 8.77. The van der Waals surface area contributed by atoms with Crippen molar-refractivity contribution in [3.63, 3.8) is 0 Å². The van der Waals surface area contributed by atoms with Crippen molar-refractivity contribution in [1.29, 1.82) is 0 Å². The summed E-state index contributed by atoms with van der Waals surface area (Å²) in [4.78, 5) is 46.3. The summed E-state index contributed by atoms with van der Waals surface area (Å²) in [6.45, 7) is 4.13. The van der Waals surface area contributed by atoms with Crippen LogP contribution < -0.4 is 16.0 Å². The number of carbonyl (C=O) groups excluding carboxylic acids is 3. The van der Waals surface area contributed by atoms with E-state index in [1.54, 1.807) is 21.1 Å². The quantitative estimate of drug-likeness (QED) is 0.314. The Morgan fingerprint density at radius 2 is 1.71 bits per heavy atom. The van der Waals surface area contributed by atoms with E-state index in [2.05, 4.69) is 16.0 Å². The number of nitrogens with zero attached hydrogens (tertiary/aromatic N) is 3. The van der Waals surface area contributed by atoms with Crippen molar-refractivity contribution in [2.45, 2.75) is 69.8 Å². The number of anilines is 2. The Hall–Kier alpha value is -3.23. The van der Waals surface area contributed by atoms with Gasteiger partial charge in [0.1, 0.15) is 0 Å². The van der Waals surface area contributed by atoms with E-state index in [9.17, 15) is 27.6 Å². The summed E-state index contributed by atoms with van der Waals surface area (Å²) in [6.07, 6.45) is -2.02. The Kier molecular flexibility index (Phi) is 10.6. The molecule has 4 aliphatic heterocycles. The number of benzene rings is 1. The minimum Gasteiger partial charge on any atom is -0.436 e. The molecular weight excluding hydrogens is 669 g/mol. The van der Waals surface area contributed by atoms with Gasteiger partial charge in [0.05, 0.1) is 28.5 Å². The van der Waals surface area contributed by atoms with E-state index in [1.165, 1.54) is 18.0 Å². The van der Waals surface area contributed by atoms with Crippen LogP contribution in [0.4, 0.5) is 34.1 Å². The molecule has 1 atom stereocenters. The second-order valence-electron chi connectivity index (χ2n) is 13.1. The molecule has 2 aromatic rings. The monoisotopic (exact) mass is 710 g/mol. The van der Waals surface area contributed by atoms with Crippen LogP contribution in [0.3, 0.4) is 0 Å². The normalized spacial score (nSPS) is 20.7. The largest absolute Gasteiger partial charge is 0.436 e. The van der Waals surface area contributed by atoms with E-state index in [1.807, 2.05) is 11.4 Å². The van der Waals surface area contributed by atoms with E-state index >= 15 is 0 Å². The lowest BCUT2D eigenvalue weighted by Crippen LogP contribution is -2.52. The molecule has 1 aromatic heterocycles. The molecule has 1 aromatic carbocycles. The number of amides is 4. The number of hydrogen-bond donors (Lipinski definition) is 3. The fourth-order valence-electron chi connectivity index (χ4n) is 7.60. The Morgan fingerprint density at radius 3 is 2.38 bits per heavy atom. The number of carbonyl (C=O) groups is 3. The van der Waals surface area contributed by atoms with Crippen LogP contribution in [0.2, 0.25) is 5.02 Å². The summed E-state index contributed by atoms with van der Waals surface area (Å²) in [6, 6.07) is 3.99. The first kappa shape index (κ1) is 34.6. The van der Waals surface area contributed by atoms with Crippen LogP contribution in [0.1, 0.15) is 54.5 Å². The first-order valence-electron chi connectivity index (χ1n) is 16.7. The maximum absolute atomic E-state index is 14.0. The number of hydrogen-bond acceptors (Lipinski definition) is 7. The van der Waals surface area contributed by atoms with E-state index in [0.717, 1.165) is 55.4 Å². The number of halogens is 4. The number of fused-ring (bicyclic) bond motifs is 1. The van der Waals surface area contributed by atoms with Crippen LogP contribution in [0.5, 0.6) is 0 Å². The molecule has 0 saturated carbocycles. The van der Waals surface area contributed by atoms with Crippen molar-refractivity contribution in [3.8, 4) is 0 Å². The summed E-state index contributed by atoms with van der Waals surface area (Å²) >= 11 is 7.85. The van der Waals surface area contributed by atoms with Crippen molar-refractivity contribution in [3.05, 3.63) is 44.6 Å². The summed E-state index contributed by atoms with van der Waals surface area (Å²) in [5, 5.41) is 10.6. The highest BCUT2D eigenvalue weighted by Crippen LogP contribution is 2.40. The molecule has 3 fully saturated rings. The van der Waals surface area contributed by atoms with Crippen LogP contribution in [-0.2, 0) is 28.7 Å². The molecule has 0 aliphatic carbocycles. The number of alkyl halides is 3. The number of thiophene rings is 1. The van der Waals surface area contributed by atoms with Gasteiger partial charge in [0.15, 0.2) is 6.10 Å². The average Bonchev–Trinajstić information content (AvgIpc) is 3.54. The Labute approximate surface area is 287 Å². The molecule has 10 nitrogen and oxygen atoms in total. The van der Waals surface area contributed by atoms with Gasteiger partial charge in [-0.15, -0.1) is 11.3 Å². The molecular formula is C33H42ClF3N6O4S. The maximum atomic E-state index is 14.0. The van der Waals surface area contributed by atoms with Gasteiger partial charge in [0.2, 0.25) is 0 Å². The van der Waals surface area contributed by atoms with Crippen molar-refractivity contribution in [2.75, 3.05) is 56.9 Å². The zero-order valence-electron chi connectivity index (χ0n) is 26.9. The molecule has 15 heteroatoms. The van der Waals surface area contributed by atoms with Gasteiger partial charge in [-0.3, -0.25) is 4.79 Å². The van der Waals surface area contributed by atoms with Gasteiger partial charge in [-0.2, -0.15) is 13.2 Å². The molecule has 4 amide bonds. The second-order valence-corrected chi connectivity index (χ2v) is 14.5. The topological polar surface area (TPSA) is 106 Å². The predicted octanol–water partition coefficient (Wildman–Crippen LogP) is 6.26. The van der Waals surface area contributed by atoms with Gasteiger partial charge in [-0.05, 0) is 92.6 Å². The second kappa shape index (κ2) is 14.7. The number of likely N-dealkylation sites (tertiary alicyclic amines) is 2. The van der Waals surface area contributed by atoms with Gasteiger partial charge in [-0.25, -0.2) is 9.59 Å². The van der Waals surface area contributed by atoms with Crippen molar-refractivity contribution in [2.24, 2.45) is 11.8 Å². The van der Waals surface area contributed by atoms with E-state index < -0.39 is 29.8 Å². The highest BCUT2D eigenvalue weighted by atomic mass is 35.5. The first-order chi connectivity index (χ1) is 23.0. The Bertz CT molecular complexity index is 1490. The number of rotatable bonds is 7. The third kappa shape index (κ3) is 7.65. The van der Waals surface area contributed by atoms with Gasteiger partial charge in [-0.1, -0.05) is 11.6 Å². The molecule has 0 radical (unpaired) electrons. The summed E-state index contributed by atoms with van der Waals surface area (Å²) < 4.78 is 47.8. The van der Waals surface area contributed by atoms with Gasteiger partial charge < -0.3 is 35.4 Å². The fraction of sp³-hybridized carbons (Fsp3) is 0.606. The zero-order valence-corrected chi connectivity index (χ0v) is 28.5. The molecule has 48 heavy (non-hydrogen) atoms. The highest BCUT2D eigenvalue weighted by molar-refractivity contribution is 7.10. The van der Waals surface area contributed by atoms with Gasteiger partial charge in [0, 0.05) is 50.6 Å². The van der Waals surface area contributed by atoms with Crippen LogP contribution in [0.25, 0.3) is 0 Å². The molecule has 3 N–H and O–H groups in total. The summed E-state index contributed by atoms with van der Waals surface area (Å²) in [5.41, 5.74) is -0.234. The van der Waals surface area contributed by atoms with Crippen LogP contribution in [0, 0.1) is 11.8 Å². The highest BCUT2D eigenvalue weighted by Gasteiger charge is 2.39. The Morgan fingerprint density at radius 1 is 1.04 bits per heavy atom. The van der Waals surface area contributed by atoms with Crippen LogP contribution in [0.15, 0.2) is 23.6 Å². The minimum absolute atomic E-state index is 0.0726. The molecule has 6 rings (SSSR count). The van der Waals surface area contributed by atoms with Gasteiger partial charge >= 0.3 is 18.3 Å². The third-order valence-corrected chi connectivity index (χ3v) is 11.5. The standard InChI is InChI=1S/C33H42ClF3N6O4S/c1-38-29-24(33(35,36)37)16-20(17-25(29)34)18-27(30(44)41-11-4-22(5-12-41)21-2-9-39-10-3-21)47-32(46)42-13-6-23(7-14-42)43-19-28-26(8-15-48-28)40-31(43)45/h8,15-17,21-23,27,38-39H,2-7,9-14,18-19H2,1H3,(H,40,45). The lowest BCUT2D eigenvalue weighted by atomic mass is 9.79. The summed E-state index contributed by atoms with van der Waals surface area (Å²) in [7, 11) is 1.36. The van der Waals surface area contributed by atoms with Crippen molar-refractivity contribution in [1.82, 2.24) is 20.0 Å². The number of piperidine rings is 3. The molecule has 0 spiro atoms. The van der Waals surface area contributed by atoms with Crippen molar-refractivity contribution < 1.29 is 32.3 Å². The molecule has 4 aliphatic rings. The summed E-state index contributed by atoms with van der Waals surface area (Å²) in [5.74, 6) is 0.701. The van der Waals surface area contributed by atoms with E-state index in [-0.39, 0.29) is 34.8 Å². The van der Waals surface area contributed by atoms with Gasteiger partial charge in [0.25, 0.3) is 5.91 Å². The molecule has 1 unspecified atom stereocenters. The number of nitrogens with one attached hydrogen (secondary N) is 3. The zero-order chi connectivity index (χ0) is 34.0. The first-order valence-corrected chi connectivity index (χ1v) is 17.9. The van der Waals surface area contributed by atoms with Crippen molar-refractivity contribution >= 4 is 52.3 Å². The molecule has 5 heterocycles. The number of ether oxygens (including phenoxy) is 1.